The number of aromatic nitrogens is 1. The van der Waals surface area contributed by atoms with E-state index >= 15 is 0 Å². The molecule has 28 heavy (non-hydrogen) atoms. The van der Waals surface area contributed by atoms with Gasteiger partial charge in [0.2, 0.25) is 0 Å². The van der Waals surface area contributed by atoms with E-state index in [2.05, 4.69) is 58.5 Å². The van der Waals surface area contributed by atoms with Gasteiger partial charge >= 0.3 is 11.9 Å². The predicted octanol–water partition coefficient (Wildman–Crippen LogP) is 2.18. The summed E-state index contributed by atoms with van der Waals surface area (Å²) in [6.45, 7) is 5.58. The van der Waals surface area contributed by atoms with Gasteiger partial charge in [-0.15, -0.1) is 0 Å². The van der Waals surface area contributed by atoms with E-state index in [1.807, 2.05) is 6.20 Å². The number of carbonyl (C=O) groups is 2. The van der Waals surface area contributed by atoms with Crippen molar-refractivity contribution in [2.24, 2.45) is 5.92 Å². The molecule has 2 aromatic rings. The first kappa shape index (κ1) is 19.6. The lowest BCUT2D eigenvalue weighted by Gasteiger charge is -2.45. The number of nitrogens with zero attached hydrogens (tertiary/aromatic N) is 2. The first-order chi connectivity index (χ1) is 13.4. The minimum Gasteiger partial charge on any atom is -0.478 e. The number of benzene rings is 1. The molecule has 0 saturated carbocycles. The number of nitrogens with one attached hydrogen (secondary N) is 1. The molecule has 0 radical (unpaired) electrons. The van der Waals surface area contributed by atoms with Crippen molar-refractivity contribution in [1.29, 1.82) is 0 Å². The summed E-state index contributed by atoms with van der Waals surface area (Å²) >= 11 is 0. The van der Waals surface area contributed by atoms with Crippen LogP contribution in [0.4, 0.5) is 5.69 Å². The Balaban J connectivity index is 0.000000242. The Kier molecular flexibility index (Phi) is 6.06. The topological polar surface area (TPSA) is 103 Å². The summed E-state index contributed by atoms with van der Waals surface area (Å²) in [6, 6.07) is 13.5. The molecule has 1 aromatic heterocycles. The Bertz CT molecular complexity index is 863. The number of pyridine rings is 1. The molecule has 2 unspecified atom stereocenters. The van der Waals surface area contributed by atoms with Crippen LogP contribution in [-0.2, 0) is 9.59 Å². The van der Waals surface area contributed by atoms with Gasteiger partial charge < -0.3 is 20.4 Å². The molecule has 2 atom stereocenters. The molecular formula is C21H23N3O4. The van der Waals surface area contributed by atoms with Crippen molar-refractivity contribution in [1.82, 2.24) is 10.3 Å². The van der Waals surface area contributed by atoms with Crippen LogP contribution in [0.25, 0.3) is 11.3 Å². The van der Waals surface area contributed by atoms with Gasteiger partial charge in [-0.05, 0) is 25.1 Å². The molecule has 3 heterocycles. The molecular weight excluding hydrogens is 358 g/mol. The highest BCUT2D eigenvalue weighted by Crippen LogP contribution is 2.33. The van der Waals surface area contributed by atoms with Crippen molar-refractivity contribution in [2.75, 3.05) is 24.5 Å². The molecule has 3 N–H and O–H groups in total. The van der Waals surface area contributed by atoms with E-state index in [4.69, 9.17) is 10.2 Å². The van der Waals surface area contributed by atoms with Crippen LogP contribution in [0.3, 0.4) is 0 Å². The van der Waals surface area contributed by atoms with Crippen molar-refractivity contribution in [2.45, 2.75) is 13.0 Å². The van der Waals surface area contributed by atoms with Crippen LogP contribution in [0, 0.1) is 12.8 Å². The fourth-order valence-electron chi connectivity index (χ4n) is 3.49. The number of rotatable bonds is 4. The summed E-state index contributed by atoms with van der Waals surface area (Å²) < 4.78 is 0. The molecule has 146 valence electrons. The van der Waals surface area contributed by atoms with Gasteiger partial charge in [-0.25, -0.2) is 9.59 Å². The molecule has 0 bridgehead atoms. The van der Waals surface area contributed by atoms with Crippen LogP contribution in [0.1, 0.15) is 5.56 Å². The predicted molar refractivity (Wildman–Crippen MR) is 106 cm³/mol. The zero-order valence-electron chi connectivity index (χ0n) is 15.6. The van der Waals surface area contributed by atoms with E-state index in [1.54, 1.807) is 0 Å². The lowest BCUT2D eigenvalue weighted by Crippen LogP contribution is -2.55. The Morgan fingerprint density at radius 2 is 1.89 bits per heavy atom. The minimum absolute atomic E-state index is 0.558. The number of fused-ring (bicyclic) bond motifs is 1. The molecule has 1 aromatic carbocycles. The number of hydrogen-bond acceptors (Lipinski definition) is 5. The Morgan fingerprint density at radius 3 is 2.46 bits per heavy atom. The third-order valence-corrected chi connectivity index (χ3v) is 4.90. The average Bonchev–Trinajstić information content (AvgIpc) is 3.02. The van der Waals surface area contributed by atoms with Crippen LogP contribution >= 0.6 is 0 Å². The fraction of sp³-hybridized carbons (Fsp3) is 0.286. The van der Waals surface area contributed by atoms with E-state index in [0.717, 1.165) is 18.2 Å². The summed E-state index contributed by atoms with van der Waals surface area (Å²) in [5, 5.41) is 19.1. The number of aryl methyl sites for hydroxylation is 1. The molecule has 0 spiro atoms. The van der Waals surface area contributed by atoms with Crippen molar-refractivity contribution < 1.29 is 19.8 Å². The van der Waals surface area contributed by atoms with Crippen LogP contribution in [-0.4, -0.2) is 52.8 Å². The van der Waals surface area contributed by atoms with Crippen molar-refractivity contribution in [3.63, 3.8) is 0 Å². The van der Waals surface area contributed by atoms with E-state index in [0.29, 0.717) is 18.2 Å². The Morgan fingerprint density at radius 1 is 1.14 bits per heavy atom. The smallest absolute Gasteiger partial charge is 0.328 e. The van der Waals surface area contributed by atoms with Crippen molar-refractivity contribution >= 4 is 17.6 Å². The summed E-state index contributed by atoms with van der Waals surface area (Å²) in [5.74, 6) is -1.67. The van der Waals surface area contributed by atoms with Gasteiger partial charge in [-0.1, -0.05) is 23.8 Å². The second-order valence-electron chi connectivity index (χ2n) is 6.92. The molecule has 2 fully saturated rings. The lowest BCUT2D eigenvalue weighted by atomic mass is 9.91. The van der Waals surface area contributed by atoms with E-state index in [-0.39, 0.29) is 0 Å². The monoisotopic (exact) mass is 381 g/mol. The van der Waals surface area contributed by atoms with Crippen molar-refractivity contribution in [3.05, 3.63) is 60.3 Å². The van der Waals surface area contributed by atoms with Crippen LogP contribution in [0.15, 0.2) is 54.7 Å². The molecule has 7 heteroatoms. The number of anilines is 1. The fourth-order valence-corrected chi connectivity index (χ4v) is 3.49. The van der Waals surface area contributed by atoms with Gasteiger partial charge in [-0.3, -0.25) is 4.98 Å². The van der Waals surface area contributed by atoms with Gasteiger partial charge in [0.05, 0.1) is 17.6 Å². The molecule has 7 nitrogen and oxygen atoms in total. The van der Waals surface area contributed by atoms with Gasteiger partial charge in [0.25, 0.3) is 0 Å². The largest absolute Gasteiger partial charge is 0.478 e. The van der Waals surface area contributed by atoms with E-state index < -0.39 is 11.9 Å². The molecule has 2 aliphatic rings. The minimum atomic E-state index is -1.26. The van der Waals surface area contributed by atoms with Crippen molar-refractivity contribution in [3.8, 4) is 11.3 Å². The normalized spacial score (nSPS) is 20.1. The van der Waals surface area contributed by atoms with Crippen LogP contribution in [0.5, 0.6) is 0 Å². The number of hydrogen-bond donors (Lipinski definition) is 3. The van der Waals surface area contributed by atoms with Crippen LogP contribution in [0.2, 0.25) is 0 Å². The van der Waals surface area contributed by atoms with Gasteiger partial charge in [0.1, 0.15) is 0 Å². The Labute approximate surface area is 163 Å². The number of aliphatic carboxylic acids is 2. The first-order valence-electron chi connectivity index (χ1n) is 9.08. The maximum Gasteiger partial charge on any atom is 0.328 e. The molecule has 0 amide bonds. The zero-order chi connectivity index (χ0) is 20.1. The van der Waals surface area contributed by atoms with Crippen LogP contribution < -0.4 is 10.2 Å². The Hall–Kier alpha value is -3.19. The summed E-state index contributed by atoms with van der Waals surface area (Å²) in [5.41, 5.74) is 4.78. The quantitative estimate of drug-likeness (QED) is 0.698. The molecule has 4 rings (SSSR count). The van der Waals surface area contributed by atoms with Gasteiger partial charge in [0.15, 0.2) is 0 Å². The highest BCUT2D eigenvalue weighted by Gasteiger charge is 2.42. The average molecular weight is 381 g/mol. The van der Waals surface area contributed by atoms with Gasteiger partial charge in [-0.2, -0.15) is 0 Å². The number of carboxylic acids is 2. The highest BCUT2D eigenvalue weighted by atomic mass is 16.4. The van der Waals surface area contributed by atoms with E-state index in [1.165, 1.54) is 29.9 Å². The second-order valence-corrected chi connectivity index (χ2v) is 6.92. The van der Waals surface area contributed by atoms with E-state index in [9.17, 15) is 9.59 Å². The SMILES string of the molecule is Cc1cccc(-c2ccc(N3CC4CNCC43)cn2)c1.O=C(O)/C=C/C(=O)O. The lowest BCUT2D eigenvalue weighted by molar-refractivity contribution is -0.134. The highest BCUT2D eigenvalue weighted by molar-refractivity contribution is 5.89. The first-order valence-corrected chi connectivity index (χ1v) is 9.08. The summed E-state index contributed by atoms with van der Waals surface area (Å²) in [7, 11) is 0. The summed E-state index contributed by atoms with van der Waals surface area (Å²) in [6.07, 6.45) is 3.14. The molecule has 2 saturated heterocycles. The number of carboxylic acid groups (broad SMARTS) is 2. The summed E-state index contributed by atoms with van der Waals surface area (Å²) in [4.78, 5) is 26.2. The second kappa shape index (κ2) is 8.67. The third kappa shape index (κ3) is 4.75. The maximum atomic E-state index is 9.55. The zero-order valence-corrected chi connectivity index (χ0v) is 15.6. The molecule has 2 aliphatic heterocycles. The molecule has 0 aliphatic carbocycles. The third-order valence-electron chi connectivity index (χ3n) is 4.90. The van der Waals surface area contributed by atoms with Gasteiger partial charge in [0, 0.05) is 49.3 Å². The maximum absolute atomic E-state index is 9.55. The standard InChI is InChI=1S/C17H19N3.C4H4O4/c1-12-3-2-4-13(7-12)16-6-5-15(9-19-16)20-11-14-8-18-10-17(14)20;5-3(6)1-2-4(7)8/h2-7,9,14,17-18H,8,10-11H2,1H3;1-2H,(H,5,6)(H,7,8)/b;2-1+.